The fraction of sp³-hybridized carbons (Fsp3) is 0.200. The lowest BCUT2D eigenvalue weighted by molar-refractivity contribution is -0.146. The Balaban J connectivity index is 1.58. The quantitative estimate of drug-likeness (QED) is 0.649. The molecule has 0 saturated carbocycles. The highest BCUT2D eigenvalue weighted by Gasteiger charge is 2.15. The molecule has 3 rings (SSSR count). The van der Waals surface area contributed by atoms with Crippen LogP contribution in [0.15, 0.2) is 41.0 Å². The number of ether oxygens (including phenoxy) is 1. The first-order chi connectivity index (χ1) is 12.8. The fourth-order valence-electron chi connectivity index (χ4n) is 2.60. The second-order valence-electron chi connectivity index (χ2n) is 6.20. The summed E-state index contributed by atoms with van der Waals surface area (Å²) < 4.78 is 24.1. The van der Waals surface area contributed by atoms with Gasteiger partial charge in [0.15, 0.2) is 6.61 Å². The van der Waals surface area contributed by atoms with E-state index in [-0.39, 0.29) is 17.1 Å². The molecule has 0 aliphatic rings. The zero-order valence-corrected chi connectivity index (χ0v) is 15.5. The van der Waals surface area contributed by atoms with Gasteiger partial charge >= 0.3 is 5.97 Å². The molecule has 1 N–H and O–H groups in total. The van der Waals surface area contributed by atoms with Crippen molar-refractivity contribution in [1.29, 1.82) is 0 Å². The average Bonchev–Trinajstić information content (AvgIpc) is 2.98. The van der Waals surface area contributed by atoms with Crippen LogP contribution in [0, 0.1) is 19.7 Å². The summed E-state index contributed by atoms with van der Waals surface area (Å²) in [7, 11) is 0. The largest absolute Gasteiger partial charge is 0.464 e. The van der Waals surface area contributed by atoms with Gasteiger partial charge in [0.05, 0.1) is 18.4 Å². The smallest absolute Gasteiger partial charge is 0.310 e. The number of carbonyl (C=O) groups is 2. The van der Waals surface area contributed by atoms with Crippen molar-refractivity contribution in [1.82, 2.24) is 0 Å². The van der Waals surface area contributed by atoms with E-state index in [4.69, 9.17) is 20.8 Å². The van der Waals surface area contributed by atoms with Crippen LogP contribution >= 0.6 is 11.6 Å². The highest BCUT2D eigenvalue weighted by atomic mass is 35.5. The molecule has 0 aliphatic carbocycles. The molecule has 3 aromatic rings. The lowest BCUT2D eigenvalue weighted by Crippen LogP contribution is -2.22. The van der Waals surface area contributed by atoms with Crippen molar-refractivity contribution in [3.63, 3.8) is 0 Å². The van der Waals surface area contributed by atoms with Crippen LogP contribution in [-0.2, 0) is 20.7 Å². The van der Waals surface area contributed by atoms with Crippen molar-refractivity contribution in [3.8, 4) is 0 Å². The van der Waals surface area contributed by atoms with Gasteiger partial charge < -0.3 is 14.5 Å². The first-order valence-electron chi connectivity index (χ1n) is 8.21. The number of hydrogen-bond donors (Lipinski definition) is 1. The summed E-state index contributed by atoms with van der Waals surface area (Å²) in [5, 5.41) is 3.38. The predicted molar refractivity (Wildman–Crippen MR) is 100 cm³/mol. The molecule has 0 fully saturated rings. The molecule has 5 nitrogen and oxygen atoms in total. The Morgan fingerprint density at radius 2 is 1.93 bits per heavy atom. The molecule has 1 aromatic heterocycles. The fourth-order valence-corrected chi connectivity index (χ4v) is 2.76. The van der Waals surface area contributed by atoms with Gasteiger partial charge in [-0.15, -0.1) is 0 Å². The van der Waals surface area contributed by atoms with Crippen molar-refractivity contribution < 1.29 is 23.1 Å². The molecule has 0 atom stereocenters. The van der Waals surface area contributed by atoms with Gasteiger partial charge in [0.25, 0.3) is 5.91 Å². The topological polar surface area (TPSA) is 68.5 Å². The number of amides is 1. The van der Waals surface area contributed by atoms with Crippen LogP contribution in [0.1, 0.15) is 16.7 Å². The summed E-state index contributed by atoms with van der Waals surface area (Å²) >= 11 is 5.65. The van der Waals surface area contributed by atoms with Crippen LogP contribution in [0.5, 0.6) is 0 Å². The van der Waals surface area contributed by atoms with E-state index in [1.807, 2.05) is 26.0 Å². The molecule has 140 valence electrons. The minimum Gasteiger partial charge on any atom is -0.464 e. The van der Waals surface area contributed by atoms with E-state index in [2.05, 4.69) is 5.32 Å². The average molecular weight is 390 g/mol. The molecule has 0 bridgehead atoms. The third kappa shape index (κ3) is 4.46. The number of hydrogen-bond acceptors (Lipinski definition) is 4. The lowest BCUT2D eigenvalue weighted by atomic mass is 10.0. The van der Waals surface area contributed by atoms with Crippen LogP contribution in [0.25, 0.3) is 11.0 Å². The molecule has 1 amide bonds. The van der Waals surface area contributed by atoms with Gasteiger partial charge in [0.1, 0.15) is 11.4 Å². The van der Waals surface area contributed by atoms with Crippen molar-refractivity contribution in [2.45, 2.75) is 20.3 Å². The Hall–Kier alpha value is -2.86. The number of anilines is 1. The van der Waals surface area contributed by atoms with Gasteiger partial charge in [-0.3, -0.25) is 9.59 Å². The summed E-state index contributed by atoms with van der Waals surface area (Å²) in [5.41, 5.74) is 3.52. The maximum atomic E-state index is 13.7. The Kier molecular flexibility index (Phi) is 5.46. The van der Waals surface area contributed by atoms with Crippen molar-refractivity contribution in [2.24, 2.45) is 0 Å². The second-order valence-corrected chi connectivity index (χ2v) is 6.64. The van der Waals surface area contributed by atoms with E-state index in [1.165, 1.54) is 18.4 Å². The normalized spacial score (nSPS) is 10.8. The molecule has 2 aromatic carbocycles. The number of furan rings is 1. The predicted octanol–water partition coefficient (Wildman–Crippen LogP) is 4.57. The standard InChI is InChI=1S/C20H17ClFNO4/c1-11-5-15-13(9-26-18(15)6-12(11)2)7-20(25)27-10-19(24)23-17-4-3-14(21)8-16(17)22/h3-6,8-9H,7,10H2,1-2H3,(H,23,24). The van der Waals surface area contributed by atoms with E-state index < -0.39 is 24.3 Å². The van der Waals surface area contributed by atoms with Crippen LogP contribution < -0.4 is 5.32 Å². The van der Waals surface area contributed by atoms with Gasteiger partial charge in [-0.05, 0) is 55.3 Å². The third-order valence-electron chi connectivity index (χ3n) is 4.17. The van der Waals surface area contributed by atoms with E-state index in [0.29, 0.717) is 11.1 Å². The zero-order valence-electron chi connectivity index (χ0n) is 14.8. The van der Waals surface area contributed by atoms with E-state index >= 15 is 0 Å². The first-order valence-corrected chi connectivity index (χ1v) is 8.59. The van der Waals surface area contributed by atoms with Crippen LogP contribution in [0.4, 0.5) is 10.1 Å². The van der Waals surface area contributed by atoms with Crippen molar-refractivity contribution >= 4 is 40.1 Å². The van der Waals surface area contributed by atoms with Gasteiger partial charge in [-0.25, -0.2) is 4.39 Å². The molecule has 0 radical (unpaired) electrons. The highest BCUT2D eigenvalue weighted by Crippen LogP contribution is 2.25. The molecule has 7 heteroatoms. The zero-order chi connectivity index (χ0) is 19.6. The lowest BCUT2D eigenvalue weighted by Gasteiger charge is -2.07. The van der Waals surface area contributed by atoms with Crippen LogP contribution in [-0.4, -0.2) is 18.5 Å². The molecule has 27 heavy (non-hydrogen) atoms. The first kappa shape index (κ1) is 18.9. The Labute approximate surface area is 160 Å². The molecular weight excluding hydrogens is 373 g/mol. The summed E-state index contributed by atoms with van der Waals surface area (Å²) in [6.07, 6.45) is 1.48. The Morgan fingerprint density at radius 1 is 1.19 bits per heavy atom. The number of rotatable bonds is 5. The number of fused-ring (bicyclic) bond motifs is 1. The SMILES string of the molecule is Cc1cc2occ(CC(=O)OCC(=O)Nc3ccc(Cl)cc3F)c2cc1C. The Morgan fingerprint density at radius 3 is 2.67 bits per heavy atom. The number of carbonyl (C=O) groups excluding carboxylic acids is 2. The van der Waals surface area contributed by atoms with Crippen LogP contribution in [0.2, 0.25) is 5.02 Å². The molecule has 0 aliphatic heterocycles. The highest BCUT2D eigenvalue weighted by molar-refractivity contribution is 6.30. The minimum absolute atomic E-state index is 0.0297. The number of aryl methyl sites for hydroxylation is 2. The maximum Gasteiger partial charge on any atom is 0.310 e. The van der Waals surface area contributed by atoms with Crippen molar-refractivity contribution in [3.05, 3.63) is 64.1 Å². The molecule has 1 heterocycles. The van der Waals surface area contributed by atoms with E-state index in [9.17, 15) is 14.0 Å². The number of nitrogens with one attached hydrogen (secondary N) is 1. The maximum absolute atomic E-state index is 13.7. The number of halogens is 2. The Bertz CT molecular complexity index is 1030. The van der Waals surface area contributed by atoms with Gasteiger partial charge in [-0.1, -0.05) is 11.6 Å². The minimum atomic E-state index is -0.669. The molecule has 0 spiro atoms. The van der Waals surface area contributed by atoms with Gasteiger partial charge in [0.2, 0.25) is 0 Å². The molecular formula is C20H17ClFNO4. The summed E-state index contributed by atoms with van der Waals surface area (Å²) in [5.74, 6) is -1.89. The van der Waals surface area contributed by atoms with Gasteiger partial charge in [0, 0.05) is 16.0 Å². The molecule has 0 saturated heterocycles. The van der Waals surface area contributed by atoms with Crippen molar-refractivity contribution in [2.75, 3.05) is 11.9 Å². The van der Waals surface area contributed by atoms with Gasteiger partial charge in [-0.2, -0.15) is 0 Å². The summed E-state index contributed by atoms with van der Waals surface area (Å²) in [4.78, 5) is 23.9. The third-order valence-corrected chi connectivity index (χ3v) is 4.41. The monoisotopic (exact) mass is 389 g/mol. The van der Waals surface area contributed by atoms with E-state index in [0.717, 1.165) is 22.6 Å². The summed E-state index contributed by atoms with van der Waals surface area (Å²) in [6.45, 7) is 3.44. The van der Waals surface area contributed by atoms with Crippen LogP contribution in [0.3, 0.4) is 0 Å². The second kappa shape index (κ2) is 7.80. The number of benzene rings is 2. The summed E-state index contributed by atoms with van der Waals surface area (Å²) in [6, 6.07) is 7.72. The molecule has 0 unspecified atom stereocenters. The number of esters is 1. The van der Waals surface area contributed by atoms with E-state index in [1.54, 1.807) is 0 Å².